The molecule has 2 nitrogen and oxygen atoms in total. The Morgan fingerprint density at radius 3 is 2.91 bits per heavy atom. The van der Waals surface area contributed by atoms with E-state index in [4.69, 9.17) is 4.74 Å². The summed E-state index contributed by atoms with van der Waals surface area (Å²) in [5, 5.41) is 0. The first-order valence-electron chi connectivity index (χ1n) is 3.24. The first-order valence-corrected chi connectivity index (χ1v) is 3.24. The Balaban J connectivity index is 3.02. The number of rotatable bonds is 2. The van der Waals surface area contributed by atoms with Gasteiger partial charge in [0.2, 0.25) is 0 Å². The van der Waals surface area contributed by atoms with Crippen LogP contribution in [0.4, 0.5) is 0 Å². The van der Waals surface area contributed by atoms with E-state index in [1.165, 1.54) is 0 Å². The van der Waals surface area contributed by atoms with E-state index in [2.05, 4.69) is 17.3 Å². The van der Waals surface area contributed by atoms with Crippen LogP contribution >= 0.6 is 0 Å². The molecule has 0 saturated carbocycles. The minimum Gasteiger partial charge on any atom is -0.487 e. The fourth-order valence-corrected chi connectivity index (χ4v) is 0.764. The number of nitrogens with zero attached hydrogens (tertiary/aromatic N) is 1. The van der Waals surface area contributed by atoms with Crippen LogP contribution in [-0.2, 0) is 4.74 Å². The highest BCUT2D eigenvalue weighted by Crippen LogP contribution is 2.08. The van der Waals surface area contributed by atoms with Gasteiger partial charge in [0.25, 0.3) is 0 Å². The number of aromatic nitrogens is 1. The molecule has 1 aromatic rings. The topological polar surface area (TPSA) is 22.1 Å². The molecule has 0 spiro atoms. The van der Waals surface area contributed by atoms with Crippen LogP contribution in [0.3, 0.4) is 0 Å². The van der Waals surface area contributed by atoms with Crippen molar-refractivity contribution in [1.82, 2.24) is 4.98 Å². The van der Waals surface area contributed by atoms with Gasteiger partial charge in [-0.15, -0.1) is 0 Å². The molecule has 1 rings (SSSR count). The van der Waals surface area contributed by atoms with E-state index < -0.39 is 0 Å². The average molecular weight is 147 g/mol. The molecule has 2 heteroatoms. The van der Waals surface area contributed by atoms with Crippen molar-refractivity contribution in [3.05, 3.63) is 42.4 Å². The van der Waals surface area contributed by atoms with Gasteiger partial charge < -0.3 is 4.74 Å². The van der Waals surface area contributed by atoms with Crippen molar-refractivity contribution in [3.63, 3.8) is 0 Å². The third kappa shape index (κ3) is 1.69. The molecule has 0 aliphatic carbocycles. The van der Waals surface area contributed by atoms with Gasteiger partial charge in [0.05, 0.1) is 7.11 Å². The lowest BCUT2D eigenvalue weighted by Crippen LogP contribution is -1.88. The monoisotopic (exact) mass is 147 g/mol. The Kier molecular flexibility index (Phi) is 2.47. The van der Waals surface area contributed by atoms with Crippen molar-refractivity contribution in [2.75, 3.05) is 7.11 Å². The standard InChI is InChI=1S/C9H9NO/c1-3-9(11-2)8-6-4-5-7-10-8/h4-7H,1H2,2H3. The summed E-state index contributed by atoms with van der Waals surface area (Å²) in [7, 11) is 1.57. The van der Waals surface area contributed by atoms with Crippen LogP contribution in [0.25, 0.3) is 5.76 Å². The highest BCUT2D eigenvalue weighted by atomic mass is 16.5. The summed E-state index contributed by atoms with van der Waals surface area (Å²) in [5.74, 6) is 0.575. The zero-order valence-corrected chi connectivity index (χ0v) is 6.37. The lowest BCUT2D eigenvalue weighted by molar-refractivity contribution is 0.369. The van der Waals surface area contributed by atoms with E-state index in [0.29, 0.717) is 5.76 Å². The number of ether oxygens (including phenoxy) is 1. The molecule has 0 aliphatic rings. The summed E-state index contributed by atoms with van der Waals surface area (Å²) in [6, 6.07) is 5.58. The van der Waals surface area contributed by atoms with Crippen LogP contribution in [-0.4, -0.2) is 12.1 Å². The maximum absolute atomic E-state index is 4.97. The van der Waals surface area contributed by atoms with Gasteiger partial charge in [-0.3, -0.25) is 4.98 Å². The molecule has 56 valence electrons. The Morgan fingerprint density at radius 2 is 2.45 bits per heavy atom. The molecule has 0 radical (unpaired) electrons. The van der Waals surface area contributed by atoms with E-state index in [0.717, 1.165) is 5.69 Å². The predicted octanol–water partition coefficient (Wildman–Crippen LogP) is 1.85. The van der Waals surface area contributed by atoms with E-state index in [-0.39, 0.29) is 0 Å². The first-order chi connectivity index (χ1) is 5.38. The van der Waals surface area contributed by atoms with E-state index in [1.54, 1.807) is 13.3 Å². The smallest absolute Gasteiger partial charge is 0.187 e. The van der Waals surface area contributed by atoms with E-state index in [9.17, 15) is 0 Å². The second-order valence-electron chi connectivity index (χ2n) is 1.93. The first kappa shape index (κ1) is 7.58. The van der Waals surface area contributed by atoms with Crippen molar-refractivity contribution < 1.29 is 4.74 Å². The van der Waals surface area contributed by atoms with Crippen LogP contribution in [0.2, 0.25) is 0 Å². The van der Waals surface area contributed by atoms with Crippen molar-refractivity contribution in [2.45, 2.75) is 0 Å². The summed E-state index contributed by atoms with van der Waals surface area (Å²) < 4.78 is 4.97. The Labute approximate surface area is 65.8 Å². The van der Waals surface area contributed by atoms with Crippen LogP contribution < -0.4 is 0 Å². The van der Waals surface area contributed by atoms with Gasteiger partial charge in [-0.2, -0.15) is 0 Å². The molecule has 0 fully saturated rings. The molecule has 1 heterocycles. The van der Waals surface area contributed by atoms with Gasteiger partial charge in [0.1, 0.15) is 5.69 Å². The summed E-state index contributed by atoms with van der Waals surface area (Å²) in [4.78, 5) is 4.06. The maximum atomic E-state index is 4.97. The highest BCUT2D eigenvalue weighted by Gasteiger charge is 1.97. The van der Waals surface area contributed by atoms with Gasteiger partial charge >= 0.3 is 0 Å². The zero-order chi connectivity index (χ0) is 8.10. The molecule has 1 aromatic heterocycles. The van der Waals surface area contributed by atoms with E-state index in [1.807, 2.05) is 18.2 Å². The van der Waals surface area contributed by atoms with Crippen LogP contribution in [0.5, 0.6) is 0 Å². The molecule has 0 bridgehead atoms. The minimum atomic E-state index is 0.575. The summed E-state index contributed by atoms with van der Waals surface area (Å²) in [5.41, 5.74) is 3.40. The maximum Gasteiger partial charge on any atom is 0.187 e. The molecule has 0 amide bonds. The van der Waals surface area contributed by atoms with Gasteiger partial charge in [-0.1, -0.05) is 18.4 Å². The summed E-state index contributed by atoms with van der Waals surface area (Å²) >= 11 is 0. The van der Waals surface area contributed by atoms with Gasteiger partial charge in [0, 0.05) is 6.20 Å². The summed E-state index contributed by atoms with van der Waals surface area (Å²) in [6.07, 6.45) is 1.70. The number of hydrogen-bond acceptors (Lipinski definition) is 2. The molecule has 11 heavy (non-hydrogen) atoms. The van der Waals surface area contributed by atoms with Crippen LogP contribution in [0.15, 0.2) is 36.7 Å². The zero-order valence-electron chi connectivity index (χ0n) is 6.37. The largest absolute Gasteiger partial charge is 0.487 e. The lowest BCUT2D eigenvalue weighted by Gasteiger charge is -1.99. The van der Waals surface area contributed by atoms with Gasteiger partial charge in [0.15, 0.2) is 5.76 Å². The SMILES string of the molecule is C=C=C(OC)c1ccccn1. The van der Waals surface area contributed by atoms with Gasteiger partial charge in [-0.25, -0.2) is 0 Å². The predicted molar refractivity (Wildman–Crippen MR) is 43.8 cm³/mol. The molecule has 0 aromatic carbocycles. The lowest BCUT2D eigenvalue weighted by atomic mass is 10.3. The van der Waals surface area contributed by atoms with Crippen LogP contribution in [0, 0.1) is 0 Å². The Hall–Kier alpha value is -1.53. The molecule has 0 aliphatic heterocycles. The molecule has 0 atom stereocenters. The number of pyridine rings is 1. The van der Waals surface area contributed by atoms with Gasteiger partial charge in [-0.05, 0) is 12.1 Å². The Morgan fingerprint density at radius 1 is 1.64 bits per heavy atom. The van der Waals surface area contributed by atoms with Crippen LogP contribution in [0.1, 0.15) is 5.69 Å². The van der Waals surface area contributed by atoms with Crippen molar-refractivity contribution in [2.24, 2.45) is 0 Å². The normalized spacial score (nSPS) is 8.45. The average Bonchev–Trinajstić information content (AvgIpc) is 2.09. The van der Waals surface area contributed by atoms with Crippen molar-refractivity contribution in [3.8, 4) is 0 Å². The molecule has 0 unspecified atom stereocenters. The minimum absolute atomic E-state index is 0.575. The molecule has 0 N–H and O–H groups in total. The Bertz CT molecular complexity index is 273. The number of methoxy groups -OCH3 is 1. The van der Waals surface area contributed by atoms with Crippen molar-refractivity contribution >= 4 is 5.76 Å². The third-order valence-corrected chi connectivity index (χ3v) is 1.26. The quantitative estimate of drug-likeness (QED) is 0.470. The van der Waals surface area contributed by atoms with Crippen molar-refractivity contribution in [1.29, 1.82) is 0 Å². The molecular formula is C9H9NO. The molecule has 0 saturated heterocycles. The number of hydrogen-bond donors (Lipinski definition) is 0. The fraction of sp³-hybridized carbons (Fsp3) is 0.111. The second-order valence-corrected chi connectivity index (χ2v) is 1.93. The molecular weight excluding hydrogens is 138 g/mol. The van der Waals surface area contributed by atoms with E-state index >= 15 is 0 Å². The highest BCUT2D eigenvalue weighted by molar-refractivity contribution is 5.54. The second kappa shape index (κ2) is 3.59. The summed E-state index contributed by atoms with van der Waals surface area (Å²) in [6.45, 7) is 3.48. The fourth-order valence-electron chi connectivity index (χ4n) is 0.764. The third-order valence-electron chi connectivity index (χ3n) is 1.26.